The lowest BCUT2D eigenvalue weighted by atomic mass is 9.93. The summed E-state index contributed by atoms with van der Waals surface area (Å²) in [6.45, 7) is 3.42. The van der Waals surface area contributed by atoms with Crippen LogP contribution in [0.4, 0.5) is 0 Å². The van der Waals surface area contributed by atoms with Crippen LogP contribution in [0, 0.1) is 5.92 Å². The van der Waals surface area contributed by atoms with Crippen molar-refractivity contribution in [3.05, 3.63) is 48.0 Å². The standard InChI is InChI=1S/C24H32N4O5S/c1-18(21-8-4-6-20-5-2-3-7-22(20)21)27-12-9-19(10-13-27)16-28(34(32)33)17-24(31)26-15-23(30)25-11-14-29/h2-8,14,18-19,34H,9-13,15-17H2,1H3,(H,25,30)(H,26,31). The highest BCUT2D eigenvalue weighted by atomic mass is 32.2. The minimum atomic E-state index is -2.92. The predicted octanol–water partition coefficient (Wildman–Crippen LogP) is 0.873. The molecule has 1 heterocycles. The molecule has 2 N–H and O–H groups in total. The topological polar surface area (TPSA) is 116 Å². The van der Waals surface area contributed by atoms with Crippen LogP contribution in [0.5, 0.6) is 0 Å². The second-order valence-corrected chi connectivity index (χ2v) is 9.60. The van der Waals surface area contributed by atoms with Crippen molar-refractivity contribution in [1.82, 2.24) is 19.8 Å². The normalized spacial score (nSPS) is 16.0. The molecule has 34 heavy (non-hydrogen) atoms. The summed E-state index contributed by atoms with van der Waals surface area (Å²) in [5.74, 6) is -0.902. The van der Waals surface area contributed by atoms with Gasteiger partial charge in [-0.05, 0) is 55.1 Å². The number of nitrogens with zero attached hydrogens (tertiary/aromatic N) is 2. The van der Waals surface area contributed by atoms with Crippen molar-refractivity contribution in [3.8, 4) is 0 Å². The summed E-state index contributed by atoms with van der Waals surface area (Å²) in [6.07, 6.45) is 2.21. The van der Waals surface area contributed by atoms with Crippen LogP contribution in [0.25, 0.3) is 10.8 Å². The Balaban J connectivity index is 1.51. The van der Waals surface area contributed by atoms with Gasteiger partial charge >= 0.3 is 0 Å². The van der Waals surface area contributed by atoms with Gasteiger partial charge < -0.3 is 15.4 Å². The fraction of sp³-hybridized carbons (Fsp3) is 0.458. The number of carbonyl (C=O) groups is 3. The fourth-order valence-electron chi connectivity index (χ4n) is 4.44. The predicted molar refractivity (Wildman–Crippen MR) is 131 cm³/mol. The van der Waals surface area contributed by atoms with E-state index in [1.807, 2.05) is 6.07 Å². The van der Waals surface area contributed by atoms with Gasteiger partial charge in [0.15, 0.2) is 0 Å². The van der Waals surface area contributed by atoms with Crippen molar-refractivity contribution in [2.45, 2.75) is 25.8 Å². The number of hydrogen-bond acceptors (Lipinski definition) is 6. The summed E-state index contributed by atoms with van der Waals surface area (Å²) in [7, 11) is -2.92. The number of aldehydes is 1. The third kappa shape index (κ3) is 7.09. The fourth-order valence-corrected chi connectivity index (χ4v) is 5.05. The smallest absolute Gasteiger partial charge is 0.239 e. The Morgan fingerprint density at radius 1 is 1.09 bits per heavy atom. The lowest BCUT2D eigenvalue weighted by molar-refractivity contribution is -0.126. The Bertz CT molecular complexity index is 1070. The van der Waals surface area contributed by atoms with E-state index >= 15 is 0 Å². The number of amides is 2. The molecule has 1 aliphatic heterocycles. The molecular formula is C24H32N4O5S. The average molecular weight is 489 g/mol. The third-order valence-corrected chi connectivity index (χ3v) is 7.09. The van der Waals surface area contributed by atoms with E-state index in [1.54, 1.807) is 0 Å². The Kier molecular flexibility index (Phi) is 9.55. The molecule has 0 saturated carbocycles. The van der Waals surface area contributed by atoms with Gasteiger partial charge in [0.2, 0.25) is 22.7 Å². The Hall–Kier alpha value is -2.82. The van der Waals surface area contributed by atoms with Crippen molar-refractivity contribution in [2.75, 3.05) is 39.3 Å². The molecule has 0 bridgehead atoms. The van der Waals surface area contributed by atoms with Crippen LogP contribution in [0.3, 0.4) is 0 Å². The lowest BCUT2D eigenvalue weighted by Crippen LogP contribution is -2.44. The SMILES string of the molecule is CC(c1cccc2ccccc12)N1CCC(CN(CC(=O)NCC(=O)NCC=O)[SH](=O)=O)CC1. The van der Waals surface area contributed by atoms with Crippen molar-refractivity contribution in [3.63, 3.8) is 0 Å². The van der Waals surface area contributed by atoms with E-state index in [4.69, 9.17) is 0 Å². The Labute approximate surface area is 201 Å². The molecule has 0 spiro atoms. The quantitative estimate of drug-likeness (QED) is 0.319. The van der Waals surface area contributed by atoms with Crippen LogP contribution >= 0.6 is 0 Å². The van der Waals surface area contributed by atoms with Gasteiger partial charge in [-0.2, -0.15) is 4.31 Å². The van der Waals surface area contributed by atoms with E-state index in [0.717, 1.165) is 30.2 Å². The van der Waals surface area contributed by atoms with E-state index in [-0.39, 0.29) is 38.1 Å². The molecule has 1 fully saturated rings. The average Bonchev–Trinajstić information content (AvgIpc) is 2.85. The number of benzene rings is 2. The first kappa shape index (κ1) is 25.8. The van der Waals surface area contributed by atoms with E-state index in [9.17, 15) is 22.8 Å². The zero-order valence-electron chi connectivity index (χ0n) is 19.3. The van der Waals surface area contributed by atoms with E-state index in [1.165, 1.54) is 16.3 Å². The largest absolute Gasteiger partial charge is 0.348 e. The molecule has 2 aromatic carbocycles. The zero-order chi connectivity index (χ0) is 24.5. The summed E-state index contributed by atoms with van der Waals surface area (Å²) in [6, 6.07) is 15.0. The number of piperidine rings is 1. The summed E-state index contributed by atoms with van der Waals surface area (Å²) in [4.78, 5) is 36.3. The molecule has 1 saturated heterocycles. The van der Waals surface area contributed by atoms with Crippen molar-refractivity contribution >= 4 is 39.8 Å². The highest BCUT2D eigenvalue weighted by Gasteiger charge is 2.27. The van der Waals surface area contributed by atoms with Crippen LogP contribution in [0.1, 0.15) is 31.4 Å². The van der Waals surface area contributed by atoms with Crippen molar-refractivity contribution < 1.29 is 22.8 Å². The van der Waals surface area contributed by atoms with Crippen molar-refractivity contribution in [1.29, 1.82) is 0 Å². The number of nitrogens with one attached hydrogen (secondary N) is 2. The van der Waals surface area contributed by atoms with Gasteiger partial charge in [-0.3, -0.25) is 14.5 Å². The van der Waals surface area contributed by atoms with Crippen LogP contribution < -0.4 is 10.6 Å². The first-order valence-corrected chi connectivity index (χ1v) is 12.6. The number of hydrogen-bond donors (Lipinski definition) is 3. The summed E-state index contributed by atoms with van der Waals surface area (Å²) < 4.78 is 24.6. The number of rotatable bonds is 11. The monoisotopic (exact) mass is 488 g/mol. The molecule has 0 aromatic heterocycles. The van der Waals surface area contributed by atoms with Crippen LogP contribution in [-0.4, -0.2) is 75.0 Å². The third-order valence-electron chi connectivity index (χ3n) is 6.32. The molecule has 184 valence electrons. The summed E-state index contributed by atoms with van der Waals surface area (Å²) in [5.41, 5.74) is 1.29. The Morgan fingerprint density at radius 3 is 2.50 bits per heavy atom. The maximum atomic E-state index is 12.1. The van der Waals surface area contributed by atoms with Gasteiger partial charge in [0.25, 0.3) is 0 Å². The molecule has 10 heteroatoms. The second kappa shape index (κ2) is 12.6. The van der Waals surface area contributed by atoms with Gasteiger partial charge in [0.1, 0.15) is 6.29 Å². The highest BCUT2D eigenvalue weighted by molar-refractivity contribution is 7.69. The number of thiol groups is 1. The van der Waals surface area contributed by atoms with Crippen molar-refractivity contribution in [2.24, 2.45) is 5.92 Å². The Morgan fingerprint density at radius 2 is 1.79 bits per heavy atom. The van der Waals surface area contributed by atoms with Crippen LogP contribution in [-0.2, 0) is 25.3 Å². The zero-order valence-corrected chi connectivity index (χ0v) is 20.2. The first-order chi connectivity index (χ1) is 16.4. The van der Waals surface area contributed by atoms with Gasteiger partial charge in [-0.1, -0.05) is 42.5 Å². The maximum Gasteiger partial charge on any atom is 0.239 e. The molecular weight excluding hydrogens is 456 g/mol. The number of fused-ring (bicyclic) bond motifs is 1. The highest BCUT2D eigenvalue weighted by Crippen LogP contribution is 2.31. The van der Waals surface area contributed by atoms with Crippen LogP contribution in [0.2, 0.25) is 0 Å². The van der Waals surface area contributed by atoms with Gasteiger partial charge in [0, 0.05) is 12.6 Å². The molecule has 1 unspecified atom stereocenters. The molecule has 0 radical (unpaired) electrons. The minimum Gasteiger partial charge on any atom is -0.348 e. The molecule has 0 aliphatic carbocycles. The summed E-state index contributed by atoms with van der Waals surface area (Å²) >= 11 is 0. The lowest BCUT2D eigenvalue weighted by Gasteiger charge is -2.37. The second-order valence-electron chi connectivity index (χ2n) is 8.56. The number of carbonyl (C=O) groups excluding carboxylic acids is 3. The molecule has 2 amide bonds. The molecule has 3 rings (SSSR count). The van der Waals surface area contributed by atoms with Gasteiger partial charge in [0.05, 0.1) is 19.6 Å². The molecule has 2 aromatic rings. The molecule has 9 nitrogen and oxygen atoms in total. The van der Waals surface area contributed by atoms with Gasteiger partial charge in [-0.25, -0.2) is 8.42 Å². The van der Waals surface area contributed by atoms with E-state index in [0.29, 0.717) is 6.29 Å². The molecule has 1 atom stereocenters. The first-order valence-electron chi connectivity index (χ1n) is 11.5. The van der Waals surface area contributed by atoms with E-state index in [2.05, 4.69) is 58.9 Å². The van der Waals surface area contributed by atoms with Gasteiger partial charge in [-0.15, -0.1) is 0 Å². The maximum absolute atomic E-state index is 12.1. The molecule has 1 aliphatic rings. The van der Waals surface area contributed by atoms with E-state index < -0.39 is 22.7 Å². The van der Waals surface area contributed by atoms with Crippen LogP contribution in [0.15, 0.2) is 42.5 Å². The summed E-state index contributed by atoms with van der Waals surface area (Å²) in [5, 5.41) is 7.16. The number of likely N-dealkylation sites (tertiary alicyclic amines) is 1. The minimum absolute atomic E-state index is 0.134.